The predicted molar refractivity (Wildman–Crippen MR) is 77.9 cm³/mol. The summed E-state index contributed by atoms with van der Waals surface area (Å²) in [5.41, 5.74) is 1.06. The maximum Gasteiger partial charge on any atom is 0.142 e. The van der Waals surface area contributed by atoms with Crippen molar-refractivity contribution in [1.29, 1.82) is 0 Å². The van der Waals surface area contributed by atoms with Crippen molar-refractivity contribution in [2.45, 2.75) is 32.4 Å². The number of hydrogen-bond donors (Lipinski definition) is 2. The molecule has 0 spiro atoms. The van der Waals surface area contributed by atoms with E-state index in [0.29, 0.717) is 6.04 Å². The Hall–Kier alpha value is -1.26. The van der Waals surface area contributed by atoms with Crippen molar-refractivity contribution in [2.75, 3.05) is 31.6 Å². The highest BCUT2D eigenvalue weighted by Crippen LogP contribution is 2.24. The van der Waals surface area contributed by atoms with Gasteiger partial charge in [-0.3, -0.25) is 0 Å². The monoisotopic (exact) mass is 264 g/mol. The SMILES string of the molecule is CC(C)Oc1ccccc1NCCC1COCCN1. The summed E-state index contributed by atoms with van der Waals surface area (Å²) in [6, 6.07) is 8.54. The first-order valence-corrected chi connectivity index (χ1v) is 7.06. The Kier molecular flexibility index (Phi) is 5.48. The highest BCUT2D eigenvalue weighted by atomic mass is 16.5. The second kappa shape index (κ2) is 7.36. The maximum absolute atomic E-state index is 5.79. The molecule has 1 aliphatic rings. The Bertz CT molecular complexity index is 376. The molecule has 1 fully saturated rings. The van der Waals surface area contributed by atoms with E-state index in [1.807, 2.05) is 32.0 Å². The molecule has 1 aliphatic heterocycles. The van der Waals surface area contributed by atoms with Gasteiger partial charge in [-0.2, -0.15) is 0 Å². The number of morpholine rings is 1. The number of rotatable bonds is 6. The molecule has 0 aromatic heterocycles. The predicted octanol–water partition coefficient (Wildman–Crippen LogP) is 2.26. The van der Waals surface area contributed by atoms with Crippen LogP contribution in [-0.2, 0) is 4.74 Å². The van der Waals surface area contributed by atoms with Gasteiger partial charge in [0.2, 0.25) is 0 Å². The van der Waals surface area contributed by atoms with Crippen LogP contribution in [0.3, 0.4) is 0 Å². The third kappa shape index (κ3) is 4.73. The van der Waals surface area contributed by atoms with E-state index in [2.05, 4.69) is 16.7 Å². The summed E-state index contributed by atoms with van der Waals surface area (Å²) < 4.78 is 11.2. The lowest BCUT2D eigenvalue weighted by molar-refractivity contribution is 0.0753. The van der Waals surface area contributed by atoms with E-state index in [-0.39, 0.29) is 6.10 Å². The van der Waals surface area contributed by atoms with Crippen molar-refractivity contribution < 1.29 is 9.47 Å². The molecule has 0 saturated carbocycles. The minimum Gasteiger partial charge on any atom is -0.489 e. The molecule has 19 heavy (non-hydrogen) atoms. The molecule has 1 unspecified atom stereocenters. The third-order valence-corrected chi connectivity index (χ3v) is 3.06. The molecule has 106 valence electrons. The van der Waals surface area contributed by atoms with E-state index < -0.39 is 0 Å². The van der Waals surface area contributed by atoms with Gasteiger partial charge in [0.1, 0.15) is 5.75 Å². The Morgan fingerprint density at radius 3 is 3.00 bits per heavy atom. The average Bonchev–Trinajstić information content (AvgIpc) is 2.41. The van der Waals surface area contributed by atoms with Crippen LogP contribution >= 0.6 is 0 Å². The smallest absolute Gasteiger partial charge is 0.142 e. The molecule has 0 amide bonds. The van der Waals surface area contributed by atoms with Crippen molar-refractivity contribution in [3.63, 3.8) is 0 Å². The zero-order valence-electron chi connectivity index (χ0n) is 11.8. The van der Waals surface area contributed by atoms with Gasteiger partial charge in [-0.1, -0.05) is 12.1 Å². The van der Waals surface area contributed by atoms with Gasteiger partial charge in [-0.05, 0) is 32.4 Å². The summed E-state index contributed by atoms with van der Waals surface area (Å²) in [6.45, 7) is 7.60. The highest BCUT2D eigenvalue weighted by Gasteiger charge is 2.12. The molecule has 4 nitrogen and oxygen atoms in total. The topological polar surface area (TPSA) is 42.5 Å². The summed E-state index contributed by atoms with van der Waals surface area (Å²) in [5.74, 6) is 0.922. The number of benzene rings is 1. The molecule has 0 radical (unpaired) electrons. The van der Waals surface area contributed by atoms with Crippen LogP contribution in [0.2, 0.25) is 0 Å². The van der Waals surface area contributed by atoms with E-state index in [9.17, 15) is 0 Å². The fourth-order valence-electron chi connectivity index (χ4n) is 2.16. The summed E-state index contributed by atoms with van der Waals surface area (Å²) in [5, 5.41) is 6.90. The summed E-state index contributed by atoms with van der Waals surface area (Å²) in [7, 11) is 0. The summed E-state index contributed by atoms with van der Waals surface area (Å²) in [6.07, 6.45) is 1.24. The molecule has 0 bridgehead atoms. The van der Waals surface area contributed by atoms with Gasteiger partial charge in [-0.15, -0.1) is 0 Å². The number of nitrogens with one attached hydrogen (secondary N) is 2. The molecule has 0 aliphatic carbocycles. The maximum atomic E-state index is 5.79. The Labute approximate surface area is 115 Å². The molecule has 1 aromatic rings. The standard InChI is InChI=1S/C15H24N2O2/c1-12(2)19-15-6-4-3-5-14(15)17-8-7-13-11-18-10-9-16-13/h3-6,12-13,16-17H,7-11H2,1-2H3. The first-order valence-electron chi connectivity index (χ1n) is 7.06. The van der Waals surface area contributed by atoms with Gasteiger partial charge in [0.25, 0.3) is 0 Å². The van der Waals surface area contributed by atoms with Crippen molar-refractivity contribution in [3.05, 3.63) is 24.3 Å². The van der Waals surface area contributed by atoms with Gasteiger partial charge in [-0.25, -0.2) is 0 Å². The molecule has 1 saturated heterocycles. The van der Waals surface area contributed by atoms with Gasteiger partial charge < -0.3 is 20.1 Å². The number of ether oxygens (including phenoxy) is 2. The quantitative estimate of drug-likeness (QED) is 0.827. The molecule has 2 N–H and O–H groups in total. The highest BCUT2D eigenvalue weighted by molar-refractivity contribution is 5.56. The van der Waals surface area contributed by atoms with Gasteiger partial charge in [0.05, 0.1) is 25.0 Å². The molecule has 1 heterocycles. The van der Waals surface area contributed by atoms with Crippen LogP contribution in [0.5, 0.6) is 5.75 Å². The molecule has 1 atom stereocenters. The average molecular weight is 264 g/mol. The summed E-state index contributed by atoms with van der Waals surface area (Å²) >= 11 is 0. The van der Waals surface area contributed by atoms with Crippen LogP contribution in [0.25, 0.3) is 0 Å². The third-order valence-electron chi connectivity index (χ3n) is 3.06. The lowest BCUT2D eigenvalue weighted by atomic mass is 10.2. The minimum atomic E-state index is 0.191. The second-order valence-corrected chi connectivity index (χ2v) is 5.10. The molecule has 4 heteroatoms. The first-order chi connectivity index (χ1) is 9.25. The van der Waals surface area contributed by atoms with Crippen LogP contribution in [0.1, 0.15) is 20.3 Å². The largest absolute Gasteiger partial charge is 0.489 e. The van der Waals surface area contributed by atoms with E-state index in [0.717, 1.165) is 44.2 Å². The lowest BCUT2D eigenvalue weighted by Crippen LogP contribution is -2.42. The van der Waals surface area contributed by atoms with Crippen LogP contribution < -0.4 is 15.4 Å². The zero-order chi connectivity index (χ0) is 13.5. The second-order valence-electron chi connectivity index (χ2n) is 5.10. The number of hydrogen-bond acceptors (Lipinski definition) is 4. The Morgan fingerprint density at radius 1 is 1.42 bits per heavy atom. The van der Waals surface area contributed by atoms with Crippen molar-refractivity contribution >= 4 is 5.69 Å². The van der Waals surface area contributed by atoms with Gasteiger partial charge >= 0.3 is 0 Å². The summed E-state index contributed by atoms with van der Waals surface area (Å²) in [4.78, 5) is 0. The van der Waals surface area contributed by atoms with Gasteiger partial charge in [0, 0.05) is 19.1 Å². The van der Waals surface area contributed by atoms with E-state index in [4.69, 9.17) is 9.47 Å². The van der Waals surface area contributed by atoms with Gasteiger partial charge in [0.15, 0.2) is 0 Å². The molecular weight excluding hydrogens is 240 g/mol. The molecule has 1 aromatic carbocycles. The lowest BCUT2D eigenvalue weighted by Gasteiger charge is -2.24. The first kappa shape index (κ1) is 14.2. The van der Waals surface area contributed by atoms with Crippen molar-refractivity contribution in [3.8, 4) is 5.75 Å². The Morgan fingerprint density at radius 2 is 2.26 bits per heavy atom. The van der Waals surface area contributed by atoms with E-state index in [1.165, 1.54) is 0 Å². The zero-order valence-corrected chi connectivity index (χ0v) is 11.8. The number of anilines is 1. The fraction of sp³-hybridized carbons (Fsp3) is 0.600. The van der Waals surface area contributed by atoms with Crippen molar-refractivity contribution in [2.24, 2.45) is 0 Å². The van der Waals surface area contributed by atoms with E-state index >= 15 is 0 Å². The van der Waals surface area contributed by atoms with Crippen molar-refractivity contribution in [1.82, 2.24) is 5.32 Å². The minimum absolute atomic E-state index is 0.191. The fourth-order valence-corrected chi connectivity index (χ4v) is 2.16. The van der Waals surface area contributed by atoms with Crippen LogP contribution in [0.4, 0.5) is 5.69 Å². The Balaban J connectivity index is 1.81. The molecule has 2 rings (SSSR count). The number of para-hydroxylation sites is 2. The van der Waals surface area contributed by atoms with Crippen LogP contribution in [0.15, 0.2) is 24.3 Å². The normalized spacial score (nSPS) is 19.4. The van der Waals surface area contributed by atoms with Crippen LogP contribution in [-0.4, -0.2) is 38.4 Å². The van der Waals surface area contributed by atoms with Crippen LogP contribution in [0, 0.1) is 0 Å². The molecular formula is C15H24N2O2. The van der Waals surface area contributed by atoms with E-state index in [1.54, 1.807) is 0 Å².